The van der Waals surface area contributed by atoms with Gasteiger partial charge >= 0.3 is 11.9 Å². The van der Waals surface area contributed by atoms with E-state index in [1.807, 2.05) is 0 Å². The van der Waals surface area contributed by atoms with Gasteiger partial charge in [0, 0.05) is 12.8 Å². The van der Waals surface area contributed by atoms with E-state index in [2.05, 4.69) is 19.2 Å². The van der Waals surface area contributed by atoms with Crippen LogP contribution < -0.4 is 5.32 Å². The van der Waals surface area contributed by atoms with Gasteiger partial charge in [-0.3, -0.25) is 14.4 Å². The van der Waals surface area contributed by atoms with E-state index in [1.165, 1.54) is 128 Å². The molecule has 1 unspecified atom stereocenters. The van der Waals surface area contributed by atoms with Crippen molar-refractivity contribution in [2.75, 3.05) is 6.54 Å². The number of rotatable bonds is 35. The van der Waals surface area contributed by atoms with Gasteiger partial charge in [0.1, 0.15) is 12.6 Å². The maximum Gasteiger partial charge on any atom is 0.322 e. The number of unbranched alkanes of at least 4 members (excludes halogenated alkanes) is 24. The maximum atomic E-state index is 12.5. The van der Waals surface area contributed by atoms with Crippen LogP contribution in [0.25, 0.3) is 0 Å². The minimum atomic E-state index is -1.02. The second kappa shape index (κ2) is 34.3. The molecule has 0 aliphatic rings. The Kier molecular flexibility index (Phi) is 33.0. The second-order valence-corrected chi connectivity index (χ2v) is 13.2. The SMILES string of the molecule is CCCCCCCCCCCCCCCCCCCCCC(=O)OC(CCCCCC)CCCCCCC(=O)NCC(=O)O. The number of nitrogens with one attached hydrogen (secondary N) is 1. The fourth-order valence-electron chi connectivity index (χ4n) is 5.93. The molecule has 0 saturated heterocycles. The highest BCUT2D eigenvalue weighted by molar-refractivity contribution is 5.80. The van der Waals surface area contributed by atoms with Crippen LogP contribution in [-0.4, -0.2) is 35.6 Å². The maximum absolute atomic E-state index is 12.5. The molecule has 44 heavy (non-hydrogen) atoms. The molecule has 0 fully saturated rings. The Balaban J connectivity index is 3.75. The number of aliphatic carboxylic acids is 1. The first-order valence-electron chi connectivity index (χ1n) is 19.2. The Morgan fingerprint density at radius 1 is 0.500 bits per heavy atom. The van der Waals surface area contributed by atoms with E-state index in [1.54, 1.807) is 0 Å². The summed E-state index contributed by atoms with van der Waals surface area (Å²) in [5.41, 5.74) is 0. The Morgan fingerprint density at radius 2 is 0.841 bits per heavy atom. The van der Waals surface area contributed by atoms with Crippen LogP contribution >= 0.6 is 0 Å². The molecule has 0 aliphatic heterocycles. The lowest BCUT2D eigenvalue weighted by Gasteiger charge is -2.18. The van der Waals surface area contributed by atoms with Gasteiger partial charge in [0.05, 0.1) is 0 Å². The summed E-state index contributed by atoms with van der Waals surface area (Å²) in [6.45, 7) is 4.18. The number of ether oxygens (including phenoxy) is 1. The van der Waals surface area contributed by atoms with Crippen molar-refractivity contribution >= 4 is 17.8 Å². The molecule has 6 nitrogen and oxygen atoms in total. The quantitative estimate of drug-likeness (QED) is 0.0541. The highest BCUT2D eigenvalue weighted by atomic mass is 16.5. The normalized spacial score (nSPS) is 11.9. The van der Waals surface area contributed by atoms with Crippen molar-refractivity contribution in [2.24, 2.45) is 0 Å². The molecular weight excluding hydrogens is 550 g/mol. The monoisotopic (exact) mass is 624 g/mol. The van der Waals surface area contributed by atoms with E-state index in [-0.39, 0.29) is 24.5 Å². The van der Waals surface area contributed by atoms with Crippen LogP contribution in [0, 0.1) is 0 Å². The molecule has 0 aromatic carbocycles. The van der Waals surface area contributed by atoms with Gasteiger partial charge in [0.15, 0.2) is 0 Å². The van der Waals surface area contributed by atoms with Crippen LogP contribution in [0.15, 0.2) is 0 Å². The molecule has 0 aromatic heterocycles. The van der Waals surface area contributed by atoms with E-state index in [9.17, 15) is 14.4 Å². The molecule has 260 valence electrons. The van der Waals surface area contributed by atoms with Gasteiger partial charge in [-0.25, -0.2) is 0 Å². The number of carboxylic acids is 1. The Morgan fingerprint density at radius 3 is 1.25 bits per heavy atom. The zero-order valence-corrected chi connectivity index (χ0v) is 29.3. The molecular formula is C38H73NO5. The summed E-state index contributed by atoms with van der Waals surface area (Å²) < 4.78 is 5.91. The third-order valence-electron chi connectivity index (χ3n) is 8.78. The predicted molar refractivity (Wildman–Crippen MR) is 185 cm³/mol. The summed E-state index contributed by atoms with van der Waals surface area (Å²) in [5, 5.41) is 11.0. The molecule has 0 aliphatic carbocycles. The van der Waals surface area contributed by atoms with Crippen molar-refractivity contribution in [3.8, 4) is 0 Å². The molecule has 1 amide bonds. The molecule has 0 bridgehead atoms. The minimum Gasteiger partial charge on any atom is -0.480 e. The number of hydrogen-bond acceptors (Lipinski definition) is 4. The predicted octanol–water partition coefficient (Wildman–Crippen LogP) is 11.2. The third-order valence-corrected chi connectivity index (χ3v) is 8.78. The fraction of sp³-hybridized carbons (Fsp3) is 0.921. The Labute approximate surface area is 272 Å². The van der Waals surface area contributed by atoms with Crippen molar-refractivity contribution in [3.63, 3.8) is 0 Å². The zero-order chi connectivity index (χ0) is 32.4. The first-order valence-corrected chi connectivity index (χ1v) is 19.2. The van der Waals surface area contributed by atoms with Gasteiger partial charge < -0.3 is 15.2 Å². The fourth-order valence-corrected chi connectivity index (χ4v) is 5.93. The van der Waals surface area contributed by atoms with Crippen LogP contribution in [0.4, 0.5) is 0 Å². The molecule has 1 atom stereocenters. The zero-order valence-electron chi connectivity index (χ0n) is 29.3. The average molecular weight is 624 g/mol. The number of amides is 1. The van der Waals surface area contributed by atoms with Gasteiger partial charge in [-0.05, 0) is 38.5 Å². The molecule has 0 saturated carbocycles. The van der Waals surface area contributed by atoms with E-state index in [0.29, 0.717) is 12.8 Å². The molecule has 0 radical (unpaired) electrons. The second-order valence-electron chi connectivity index (χ2n) is 13.2. The van der Waals surface area contributed by atoms with Gasteiger partial charge in [-0.2, -0.15) is 0 Å². The first-order chi connectivity index (χ1) is 21.5. The van der Waals surface area contributed by atoms with Gasteiger partial charge in [-0.1, -0.05) is 162 Å². The summed E-state index contributed by atoms with van der Waals surface area (Å²) >= 11 is 0. The summed E-state index contributed by atoms with van der Waals surface area (Å²) in [5.74, 6) is -1.26. The number of carboxylic acid groups (broad SMARTS) is 1. The van der Waals surface area contributed by atoms with Crippen LogP contribution in [0.3, 0.4) is 0 Å². The van der Waals surface area contributed by atoms with Crippen molar-refractivity contribution in [1.29, 1.82) is 0 Å². The number of esters is 1. The Hall–Kier alpha value is -1.59. The molecule has 0 heterocycles. The van der Waals surface area contributed by atoms with Gasteiger partial charge in [-0.15, -0.1) is 0 Å². The Bertz CT molecular complexity index is 653. The van der Waals surface area contributed by atoms with Crippen LogP contribution in [0.5, 0.6) is 0 Å². The average Bonchev–Trinajstić information content (AvgIpc) is 3.00. The van der Waals surface area contributed by atoms with E-state index in [4.69, 9.17) is 9.84 Å². The van der Waals surface area contributed by atoms with Crippen molar-refractivity contribution in [2.45, 2.75) is 219 Å². The van der Waals surface area contributed by atoms with Crippen molar-refractivity contribution in [3.05, 3.63) is 0 Å². The summed E-state index contributed by atoms with van der Waals surface area (Å²) in [4.78, 5) is 34.7. The number of hydrogen-bond donors (Lipinski definition) is 2. The van der Waals surface area contributed by atoms with E-state index < -0.39 is 5.97 Å². The number of carbonyl (C=O) groups is 3. The highest BCUT2D eigenvalue weighted by Gasteiger charge is 2.14. The van der Waals surface area contributed by atoms with Crippen molar-refractivity contribution in [1.82, 2.24) is 5.32 Å². The van der Waals surface area contributed by atoms with Crippen molar-refractivity contribution < 1.29 is 24.2 Å². The molecule has 0 rings (SSSR count). The largest absolute Gasteiger partial charge is 0.480 e. The van der Waals surface area contributed by atoms with Gasteiger partial charge in [0.2, 0.25) is 5.91 Å². The standard InChI is InChI=1S/C38H73NO5/c1-3-5-7-9-10-11-12-13-14-15-16-17-18-19-20-21-22-23-29-33-38(43)44-35(30-26-8-6-4-2)31-27-24-25-28-32-36(40)39-34-37(41)42/h35H,3-34H2,1-2H3,(H,39,40)(H,41,42). The highest BCUT2D eigenvalue weighted by Crippen LogP contribution is 2.18. The molecule has 0 aromatic rings. The van der Waals surface area contributed by atoms with Crippen LogP contribution in [0.1, 0.15) is 213 Å². The topological polar surface area (TPSA) is 92.7 Å². The first kappa shape index (κ1) is 42.4. The lowest BCUT2D eigenvalue weighted by Crippen LogP contribution is -2.28. The lowest BCUT2D eigenvalue weighted by molar-refractivity contribution is -0.150. The van der Waals surface area contributed by atoms with Gasteiger partial charge in [0.25, 0.3) is 0 Å². The lowest BCUT2D eigenvalue weighted by atomic mass is 10.0. The van der Waals surface area contributed by atoms with Crippen LogP contribution in [-0.2, 0) is 19.1 Å². The van der Waals surface area contributed by atoms with Crippen LogP contribution in [0.2, 0.25) is 0 Å². The molecule has 0 spiro atoms. The number of carbonyl (C=O) groups excluding carboxylic acids is 2. The minimum absolute atomic E-state index is 0.0125. The summed E-state index contributed by atoms with van der Waals surface area (Å²) in [6, 6.07) is 0. The summed E-state index contributed by atoms with van der Waals surface area (Å²) in [7, 11) is 0. The third kappa shape index (κ3) is 33.3. The molecule has 2 N–H and O–H groups in total. The summed E-state index contributed by atoms with van der Waals surface area (Å²) in [6.07, 6.45) is 36.8. The van der Waals surface area contributed by atoms with E-state index in [0.717, 1.165) is 57.8 Å². The van der Waals surface area contributed by atoms with E-state index >= 15 is 0 Å². The molecule has 6 heteroatoms. The smallest absolute Gasteiger partial charge is 0.322 e.